The summed E-state index contributed by atoms with van der Waals surface area (Å²) < 4.78 is 105. The Hall–Kier alpha value is -7.45. The first-order chi connectivity index (χ1) is 53.8. The molecule has 113 heavy (non-hydrogen) atoms. The van der Waals surface area contributed by atoms with Crippen LogP contribution >= 0.6 is 34.7 Å². The van der Waals surface area contributed by atoms with Gasteiger partial charge in [0, 0.05) is 144 Å². The third-order valence-electron chi connectivity index (χ3n) is 22.2. The van der Waals surface area contributed by atoms with E-state index in [0.29, 0.717) is 95.1 Å². The van der Waals surface area contributed by atoms with Gasteiger partial charge in [0.05, 0.1) is 52.0 Å². The molecule has 0 saturated carbocycles. The van der Waals surface area contributed by atoms with Crippen molar-refractivity contribution in [2.24, 2.45) is 10.8 Å². The van der Waals surface area contributed by atoms with E-state index in [9.17, 15) is 59.1 Å². The Balaban J connectivity index is 0.611. The number of alkyl halides is 3. The molecule has 4 aliphatic heterocycles. The number of benzene rings is 5. The maximum Gasteiger partial charge on any atom is 0.501 e. The first-order valence-corrected chi connectivity index (χ1v) is 44.4. The zero-order chi connectivity index (χ0) is 80.8. The molecule has 5 N–H and O–H groups in total. The zero-order valence-electron chi connectivity index (χ0n) is 65.3. The molecule has 4 saturated heterocycles. The number of allylic oxidation sites excluding steroid dienone is 1. The minimum atomic E-state index is -6.11. The number of rotatable bonds is 32. The Morgan fingerprint density at radius 3 is 2.08 bits per heavy atom. The number of ether oxygens (including phenoxy) is 1. The number of carbonyl (C=O) groups excluding carboxylic acids is 5. The number of likely N-dealkylation sites (tertiary alicyclic amines) is 1. The van der Waals surface area contributed by atoms with Crippen molar-refractivity contribution in [2.75, 3.05) is 121 Å². The van der Waals surface area contributed by atoms with E-state index in [1.54, 1.807) is 23.5 Å². The Morgan fingerprint density at radius 1 is 0.770 bits per heavy atom. The molecule has 0 spiro atoms. The normalized spacial score (nSPS) is 20.0. The third-order valence-corrected chi connectivity index (χ3v) is 27.5. The number of anilines is 2. The number of aryl methyl sites for hydroxylation is 1. The Morgan fingerprint density at radius 2 is 1.42 bits per heavy atom. The third kappa shape index (κ3) is 23.2. The molecule has 6 unspecified atom stereocenters. The van der Waals surface area contributed by atoms with Crippen molar-refractivity contribution in [1.29, 1.82) is 0 Å². The summed E-state index contributed by atoms with van der Waals surface area (Å²) in [6, 6.07) is 31.4. The van der Waals surface area contributed by atoms with E-state index >= 15 is 0 Å². The fourth-order valence-electron chi connectivity index (χ4n) is 15.7. The van der Waals surface area contributed by atoms with Gasteiger partial charge in [-0.1, -0.05) is 119 Å². The van der Waals surface area contributed by atoms with E-state index in [2.05, 4.69) is 59.6 Å². The molecule has 30 heteroatoms. The van der Waals surface area contributed by atoms with Gasteiger partial charge in [-0.25, -0.2) is 26.5 Å². The van der Waals surface area contributed by atoms with Crippen LogP contribution in [0.2, 0.25) is 5.02 Å². The molecule has 1 aromatic heterocycles. The maximum atomic E-state index is 14.4. The number of piperazine rings is 2. The molecule has 5 aromatic carbocycles. The number of nitrogens with one attached hydrogen (secondary N) is 4. The number of aliphatic hydroxyl groups is 1. The van der Waals surface area contributed by atoms with Crippen LogP contribution in [0.4, 0.5) is 24.5 Å². The molecular formula is C83H107ClF3N11O11S4. The lowest BCUT2D eigenvalue weighted by molar-refractivity contribution is -0.144. The number of sulfone groups is 1. The summed E-state index contributed by atoms with van der Waals surface area (Å²) in [5, 5.41) is 20.5. The first-order valence-electron chi connectivity index (χ1n) is 39.2. The van der Waals surface area contributed by atoms with Crippen LogP contribution in [-0.2, 0) is 43.8 Å². The molecule has 1 aliphatic carbocycles. The lowest BCUT2D eigenvalue weighted by Crippen LogP contribution is -2.57. The second kappa shape index (κ2) is 38.5. The summed E-state index contributed by atoms with van der Waals surface area (Å²) >= 11 is 9.41. The summed E-state index contributed by atoms with van der Waals surface area (Å²) in [6.45, 7) is 22.1. The van der Waals surface area contributed by atoms with Crippen molar-refractivity contribution in [2.45, 2.75) is 169 Å². The highest BCUT2D eigenvalue weighted by Gasteiger charge is 2.49. The first kappa shape index (κ1) is 86.4. The number of hydrogen-bond acceptors (Lipinski definition) is 19. The second-order valence-corrected chi connectivity index (χ2v) is 37.9. The van der Waals surface area contributed by atoms with Crippen molar-refractivity contribution < 1.29 is 63.8 Å². The topological polar surface area (TPSA) is 264 Å². The largest absolute Gasteiger partial charge is 0.501 e. The van der Waals surface area contributed by atoms with Gasteiger partial charge >= 0.3 is 5.51 Å². The molecule has 6 atom stereocenters. The van der Waals surface area contributed by atoms with E-state index in [4.69, 9.17) is 16.3 Å². The van der Waals surface area contributed by atoms with Crippen molar-refractivity contribution in [3.05, 3.63) is 160 Å². The number of nitrogens with zero attached hydrogens (tertiary/aromatic N) is 7. The monoisotopic (exact) mass is 1650 g/mol. The van der Waals surface area contributed by atoms with Gasteiger partial charge in [-0.15, -0.1) is 23.1 Å². The van der Waals surface area contributed by atoms with Crippen LogP contribution in [0.5, 0.6) is 0 Å². The van der Waals surface area contributed by atoms with Gasteiger partial charge < -0.3 is 40.5 Å². The van der Waals surface area contributed by atoms with E-state index < -0.39 is 82.3 Å². The smallest absolute Gasteiger partial charge is 0.391 e. The molecule has 22 nitrogen and oxygen atoms in total. The number of halogens is 4. The molecular weight excluding hydrogens is 1550 g/mol. The van der Waals surface area contributed by atoms with Crippen molar-refractivity contribution in [3.63, 3.8) is 0 Å². The molecule has 5 heterocycles. The number of aliphatic hydroxyl groups excluding tert-OH is 1. The minimum Gasteiger partial charge on any atom is -0.391 e. The number of morpholine rings is 1. The number of unbranched alkanes of at least 4 members (excludes halogenated alkanes) is 4. The highest BCUT2D eigenvalue weighted by molar-refractivity contribution is 7.99. The number of aromatic nitrogens is 1. The quantitative estimate of drug-likeness (QED) is 0.0194. The van der Waals surface area contributed by atoms with Gasteiger partial charge in [0.2, 0.25) is 23.6 Å². The van der Waals surface area contributed by atoms with E-state index in [0.717, 1.165) is 134 Å². The maximum absolute atomic E-state index is 14.4. The predicted octanol–water partition coefficient (Wildman–Crippen LogP) is 12.5. The molecule has 11 rings (SSSR count). The Labute approximate surface area is 676 Å². The SMILES string of the molecule is Cc1ncsc1-c1ccc(C(C)NC(=O)C2CC(O)CN2C(=O)C(NC(=O)CCCCCCCC(=O)N2CCN(CC3(C)CCC(c4ccc(Cl)cc4)=C(CN4CCN(c5ccc(C(=O)NS(=O)(=O)c6ccc(NC(CCN7CCOCC7)CSc7ccccc7)c(S(=O)(=O)C(F)(F)F)c6)cc5)CC4)C3)CC2)C(C)(C)C)cc1. The Bertz CT molecular complexity index is 4520. The second-order valence-electron chi connectivity index (χ2n) is 31.9. The van der Waals surface area contributed by atoms with Gasteiger partial charge in [0.25, 0.3) is 25.8 Å². The number of thioether (sulfide) groups is 1. The van der Waals surface area contributed by atoms with Crippen molar-refractivity contribution >= 4 is 101 Å². The highest BCUT2D eigenvalue weighted by atomic mass is 35.5. The molecule has 6 aromatic rings. The van der Waals surface area contributed by atoms with Gasteiger partial charge in [-0.05, 0) is 152 Å². The molecule has 5 aliphatic rings. The van der Waals surface area contributed by atoms with Crippen LogP contribution in [-0.4, -0.2) is 221 Å². The number of β-amino-alcohol motifs (C(OH)–C–C–N with tert-alkyl or cyclic N) is 1. The van der Waals surface area contributed by atoms with Gasteiger partial charge in [0.1, 0.15) is 17.0 Å². The average molecular weight is 1660 g/mol. The van der Waals surface area contributed by atoms with E-state index in [1.165, 1.54) is 39.9 Å². The number of thiazole rings is 1. The summed E-state index contributed by atoms with van der Waals surface area (Å²) in [4.78, 5) is 85.7. The van der Waals surface area contributed by atoms with Crippen molar-refractivity contribution in [1.82, 2.24) is 44.8 Å². The molecule has 612 valence electrons. The van der Waals surface area contributed by atoms with Crippen LogP contribution in [0.15, 0.2) is 147 Å². The molecule has 5 amide bonds. The Kier molecular flexibility index (Phi) is 29.5. The van der Waals surface area contributed by atoms with Gasteiger partial charge in [-0.3, -0.25) is 38.7 Å². The van der Waals surface area contributed by atoms with Crippen LogP contribution < -0.4 is 25.6 Å². The fourth-order valence-corrected chi connectivity index (χ4v) is 19.7. The lowest BCUT2D eigenvalue weighted by atomic mass is 9.71. The van der Waals surface area contributed by atoms with Crippen LogP contribution in [0.3, 0.4) is 0 Å². The predicted molar refractivity (Wildman–Crippen MR) is 438 cm³/mol. The standard InChI is InChI=1S/C83H107ClF3N11O11S4/c1-57(59-19-21-61(22-20-59)76-58(2)88-56-111-76)89-79(103)72-49-67(99)53-98(72)80(104)77(81(3,4)5)91-74(100)17-13-8-7-9-14-18-75(101)97-43-39-95(40-44-97)55-82(6)35-33-70(60-23-27-64(84)28-24-60)63(51-82)52-94-37-41-96(42-38-94)66-29-25-62(26-30-66)78(102)92-113(107,108)69-31-32-71(73(50-69)112(105,106)83(85,86)87)90-65(34-36-93-45-47-109-48-46-93)54-110-68-15-11-10-12-16-68/h10-12,15-16,19-32,50,56-57,65,67,72,77,90,99H,7-9,13-14,17-18,33-49,51-55H2,1-6H3,(H,89,103)(H,91,100)(H,92,102). The number of carbonyl (C=O) groups is 5. The number of sulfonamides is 1. The minimum absolute atomic E-state index is 0.0135. The van der Waals surface area contributed by atoms with Crippen LogP contribution in [0, 0.1) is 17.8 Å². The lowest BCUT2D eigenvalue weighted by Gasteiger charge is -2.44. The van der Waals surface area contributed by atoms with E-state index in [1.807, 2.05) is 116 Å². The fraction of sp³-hybridized carbons (Fsp3) is 0.518. The zero-order valence-corrected chi connectivity index (χ0v) is 69.3. The molecule has 4 fully saturated rings. The number of hydrogen-bond donors (Lipinski definition) is 5. The van der Waals surface area contributed by atoms with Gasteiger partial charge in [-0.2, -0.15) is 13.2 Å². The van der Waals surface area contributed by atoms with Crippen LogP contribution in [0.25, 0.3) is 16.0 Å². The summed E-state index contributed by atoms with van der Waals surface area (Å²) in [5.74, 6) is -1.58. The van der Waals surface area contributed by atoms with Crippen molar-refractivity contribution in [3.8, 4) is 10.4 Å². The van der Waals surface area contributed by atoms with Crippen LogP contribution in [0.1, 0.15) is 145 Å². The molecule has 0 radical (unpaired) electrons. The van der Waals surface area contributed by atoms with Gasteiger partial charge in [0.15, 0.2) is 0 Å². The number of amides is 5. The highest BCUT2D eigenvalue weighted by Crippen LogP contribution is 2.45. The van der Waals surface area contributed by atoms with E-state index in [-0.39, 0.29) is 54.1 Å². The molecule has 0 bridgehead atoms. The summed E-state index contributed by atoms with van der Waals surface area (Å²) in [7, 11) is -11.0. The summed E-state index contributed by atoms with van der Waals surface area (Å²) in [5.41, 5.74) is 2.43. The summed E-state index contributed by atoms with van der Waals surface area (Å²) in [6.07, 6.45) is 6.95. The average Bonchev–Trinajstić information content (AvgIpc) is 1.20.